The van der Waals surface area contributed by atoms with Gasteiger partial charge in [-0.2, -0.15) is 0 Å². The van der Waals surface area contributed by atoms with Gasteiger partial charge in [0.25, 0.3) is 0 Å². The molecule has 1 saturated carbocycles. The van der Waals surface area contributed by atoms with Gasteiger partial charge in [0.05, 0.1) is 5.25 Å². The number of anilines is 1. The number of hydrogen-bond donors (Lipinski definition) is 2. The minimum Gasteiger partial charge on any atom is -0.307 e. The summed E-state index contributed by atoms with van der Waals surface area (Å²) in [5, 5.41) is 2.13. The Kier molecular flexibility index (Phi) is 7.07. The minimum atomic E-state index is -3.78. The molecule has 1 saturated heterocycles. The zero-order chi connectivity index (χ0) is 22.1. The Morgan fingerprint density at radius 2 is 1.60 bits per heavy atom. The summed E-state index contributed by atoms with van der Waals surface area (Å²) in [6.45, 7) is 10.2. The number of benzene rings is 1. The zero-order valence-corrected chi connectivity index (χ0v) is 19.2. The molecule has 6 nitrogen and oxygen atoms in total. The van der Waals surface area contributed by atoms with E-state index in [0.717, 1.165) is 25.6 Å². The second kappa shape index (κ2) is 9.22. The van der Waals surface area contributed by atoms with Gasteiger partial charge in [-0.15, -0.1) is 0 Å². The normalized spacial score (nSPS) is 18.8. The fourth-order valence-electron chi connectivity index (χ4n) is 4.12. The summed E-state index contributed by atoms with van der Waals surface area (Å²) >= 11 is 0. The lowest BCUT2D eigenvalue weighted by Gasteiger charge is -2.31. The van der Waals surface area contributed by atoms with Crippen molar-refractivity contribution in [2.45, 2.75) is 70.5 Å². The first kappa shape index (κ1) is 23.0. The molecule has 2 amide bonds. The first-order chi connectivity index (χ1) is 14.1. The highest BCUT2D eigenvalue weighted by atomic mass is 32.2. The molecule has 1 aromatic carbocycles. The average Bonchev–Trinajstić information content (AvgIpc) is 3.46. The number of amides is 2. The van der Waals surface area contributed by atoms with Crippen molar-refractivity contribution < 1.29 is 17.6 Å². The van der Waals surface area contributed by atoms with Crippen LogP contribution in [0.2, 0.25) is 0 Å². The Labute approximate surface area is 179 Å². The molecule has 3 rings (SSSR count). The third-order valence-electron chi connectivity index (χ3n) is 6.07. The molecule has 2 N–H and O–H groups in total. The highest BCUT2D eigenvalue weighted by Gasteiger charge is 2.33. The van der Waals surface area contributed by atoms with E-state index in [1.807, 2.05) is 27.7 Å². The van der Waals surface area contributed by atoms with Crippen LogP contribution in [0.5, 0.6) is 0 Å². The molecular formula is C22H34FN3O3S. The Morgan fingerprint density at radius 3 is 2.07 bits per heavy atom. The van der Waals surface area contributed by atoms with E-state index in [4.69, 9.17) is 0 Å². The Hall–Kier alpha value is -1.67. The van der Waals surface area contributed by atoms with Crippen LogP contribution in [0.4, 0.5) is 14.9 Å². The largest absolute Gasteiger partial charge is 0.332 e. The zero-order valence-electron chi connectivity index (χ0n) is 18.4. The predicted octanol–water partition coefficient (Wildman–Crippen LogP) is 4.40. The number of nitrogens with one attached hydrogen (secondary N) is 2. The maximum Gasteiger partial charge on any atom is 0.332 e. The molecule has 30 heavy (non-hydrogen) atoms. The van der Waals surface area contributed by atoms with Gasteiger partial charge in [-0.25, -0.2) is 22.3 Å². The van der Waals surface area contributed by atoms with Crippen molar-refractivity contribution in [2.24, 2.45) is 5.92 Å². The lowest BCUT2D eigenvalue weighted by Crippen LogP contribution is -2.46. The van der Waals surface area contributed by atoms with Gasteiger partial charge in [-0.05, 0) is 79.8 Å². The molecule has 8 heteroatoms. The van der Waals surface area contributed by atoms with Gasteiger partial charge in [-0.3, -0.25) is 0 Å². The standard InChI is InChI=1S/C22H34FN3O3S/c1-14(2)19-11-17(23)12-20(15(3)4)21(19)24-22(27)25-30(28,29)18-7-9-26(10-8-18)13-16-5-6-16/h11-12,14-16,18H,5-10,13H2,1-4H3,(H2,24,25,27). The molecule has 1 heterocycles. The number of piperidine rings is 1. The maximum absolute atomic E-state index is 14.1. The highest BCUT2D eigenvalue weighted by Crippen LogP contribution is 2.34. The smallest absolute Gasteiger partial charge is 0.307 e. The number of urea groups is 1. The molecule has 1 aliphatic heterocycles. The highest BCUT2D eigenvalue weighted by molar-refractivity contribution is 7.90. The lowest BCUT2D eigenvalue weighted by atomic mass is 9.92. The van der Waals surface area contributed by atoms with E-state index in [9.17, 15) is 17.6 Å². The quantitative estimate of drug-likeness (QED) is 0.660. The molecule has 0 spiro atoms. The third kappa shape index (κ3) is 5.72. The van der Waals surface area contributed by atoms with Crippen molar-refractivity contribution >= 4 is 21.7 Å². The fraction of sp³-hybridized carbons (Fsp3) is 0.682. The molecule has 0 unspecified atom stereocenters. The molecular weight excluding hydrogens is 405 g/mol. The number of hydrogen-bond acceptors (Lipinski definition) is 4. The van der Waals surface area contributed by atoms with Crippen LogP contribution in [0.1, 0.15) is 76.3 Å². The average molecular weight is 440 g/mol. The van der Waals surface area contributed by atoms with Gasteiger partial charge in [-0.1, -0.05) is 27.7 Å². The molecule has 1 aromatic rings. The van der Waals surface area contributed by atoms with Crippen LogP contribution in [0.3, 0.4) is 0 Å². The first-order valence-electron chi connectivity index (χ1n) is 10.9. The van der Waals surface area contributed by atoms with Gasteiger partial charge in [0.1, 0.15) is 5.82 Å². The minimum absolute atomic E-state index is 0.0269. The predicted molar refractivity (Wildman–Crippen MR) is 118 cm³/mol. The summed E-state index contributed by atoms with van der Waals surface area (Å²) in [6, 6.07) is 2.01. The summed E-state index contributed by atoms with van der Waals surface area (Å²) in [5.41, 5.74) is 1.80. The van der Waals surface area contributed by atoms with Gasteiger partial charge >= 0.3 is 6.03 Å². The van der Waals surface area contributed by atoms with Gasteiger partial charge in [0.15, 0.2) is 0 Å². The molecule has 0 radical (unpaired) electrons. The second-order valence-electron chi connectivity index (χ2n) is 9.31. The van der Waals surface area contributed by atoms with Crippen LogP contribution in [-0.2, 0) is 10.0 Å². The SMILES string of the molecule is CC(C)c1cc(F)cc(C(C)C)c1NC(=O)NS(=O)(=O)C1CCN(CC2CC2)CC1. The number of halogens is 1. The van der Waals surface area contributed by atoms with Gasteiger partial charge in [0.2, 0.25) is 10.0 Å². The van der Waals surface area contributed by atoms with Crippen LogP contribution in [0, 0.1) is 11.7 Å². The van der Waals surface area contributed by atoms with Crippen LogP contribution in [0.15, 0.2) is 12.1 Å². The summed E-state index contributed by atoms with van der Waals surface area (Å²) < 4.78 is 41.8. The van der Waals surface area contributed by atoms with Crippen LogP contribution in [0.25, 0.3) is 0 Å². The van der Waals surface area contributed by atoms with E-state index in [1.165, 1.54) is 25.0 Å². The fourth-order valence-corrected chi connectivity index (χ4v) is 5.43. The number of likely N-dealkylation sites (tertiary alicyclic amines) is 1. The molecule has 0 atom stereocenters. The second-order valence-corrected chi connectivity index (χ2v) is 11.3. The first-order valence-corrected chi connectivity index (χ1v) is 12.5. The Morgan fingerprint density at radius 1 is 1.07 bits per heavy atom. The van der Waals surface area contributed by atoms with Crippen molar-refractivity contribution in [3.05, 3.63) is 29.1 Å². The Bertz CT molecular complexity index is 845. The van der Waals surface area contributed by atoms with Gasteiger partial charge < -0.3 is 10.2 Å². The lowest BCUT2D eigenvalue weighted by molar-refractivity contribution is 0.221. The van der Waals surface area contributed by atoms with Crippen molar-refractivity contribution in [1.29, 1.82) is 0 Å². The van der Waals surface area contributed by atoms with Crippen molar-refractivity contribution in [1.82, 2.24) is 9.62 Å². The molecule has 1 aliphatic carbocycles. The summed E-state index contributed by atoms with van der Waals surface area (Å²) in [7, 11) is -3.78. The van der Waals surface area contributed by atoms with E-state index in [2.05, 4.69) is 14.9 Å². The number of nitrogens with zero attached hydrogens (tertiary/aromatic N) is 1. The van der Waals surface area contributed by atoms with Crippen molar-refractivity contribution in [3.8, 4) is 0 Å². The topological polar surface area (TPSA) is 78.5 Å². The van der Waals surface area contributed by atoms with Crippen molar-refractivity contribution in [2.75, 3.05) is 25.0 Å². The maximum atomic E-state index is 14.1. The molecule has 2 aliphatic rings. The number of carbonyl (C=O) groups excluding carboxylic acids is 1. The monoisotopic (exact) mass is 439 g/mol. The van der Waals surface area contributed by atoms with E-state index in [1.54, 1.807) is 0 Å². The van der Waals surface area contributed by atoms with Crippen LogP contribution in [-0.4, -0.2) is 44.2 Å². The van der Waals surface area contributed by atoms with Crippen LogP contribution < -0.4 is 10.0 Å². The third-order valence-corrected chi connectivity index (χ3v) is 7.89. The molecule has 2 fully saturated rings. The molecule has 0 bridgehead atoms. The van der Waals surface area contributed by atoms with Crippen LogP contribution >= 0.6 is 0 Å². The number of carbonyl (C=O) groups is 1. The summed E-state index contributed by atoms with van der Waals surface area (Å²) in [4.78, 5) is 14.9. The molecule has 168 valence electrons. The number of rotatable bonds is 7. The van der Waals surface area contributed by atoms with Gasteiger partial charge in [0, 0.05) is 12.2 Å². The Balaban J connectivity index is 1.67. The number of sulfonamides is 1. The van der Waals surface area contributed by atoms with E-state index < -0.39 is 21.3 Å². The molecule has 0 aromatic heterocycles. The summed E-state index contributed by atoms with van der Waals surface area (Å²) in [6.07, 6.45) is 3.61. The van der Waals surface area contributed by atoms with E-state index in [-0.39, 0.29) is 17.7 Å². The summed E-state index contributed by atoms with van der Waals surface area (Å²) in [5.74, 6) is 0.365. The van der Waals surface area contributed by atoms with Crippen molar-refractivity contribution in [3.63, 3.8) is 0 Å². The van der Waals surface area contributed by atoms with E-state index >= 15 is 0 Å². The van der Waals surface area contributed by atoms with E-state index in [0.29, 0.717) is 29.7 Å².